The normalized spacial score (nSPS) is 16.3. The molecule has 0 heterocycles. The van der Waals surface area contributed by atoms with E-state index in [2.05, 4.69) is 11.9 Å². The smallest absolute Gasteiger partial charge is 0.334 e. The standard InChI is InChI=1S/C17H29NO4/c1-4-17(9-6-7-10-17)22-16(20)14(3)13-15(19)21-12-8-11-18-5-2/h18H,3-13H2,1-2H3. The highest BCUT2D eigenvalue weighted by Gasteiger charge is 2.36. The molecule has 5 heteroatoms. The van der Waals surface area contributed by atoms with Crippen LogP contribution in [0.1, 0.15) is 58.8 Å². The molecule has 22 heavy (non-hydrogen) atoms. The summed E-state index contributed by atoms with van der Waals surface area (Å²) >= 11 is 0. The molecule has 0 atom stereocenters. The second-order valence-corrected chi connectivity index (χ2v) is 5.84. The van der Waals surface area contributed by atoms with Crippen molar-refractivity contribution in [3.63, 3.8) is 0 Å². The van der Waals surface area contributed by atoms with Gasteiger partial charge in [-0.3, -0.25) is 4.79 Å². The van der Waals surface area contributed by atoms with Crippen LogP contribution in [0.3, 0.4) is 0 Å². The van der Waals surface area contributed by atoms with E-state index >= 15 is 0 Å². The molecule has 1 saturated carbocycles. The minimum atomic E-state index is -0.464. The number of rotatable bonds is 10. The van der Waals surface area contributed by atoms with E-state index in [0.29, 0.717) is 6.61 Å². The zero-order valence-corrected chi connectivity index (χ0v) is 13.9. The quantitative estimate of drug-likeness (QED) is 0.382. The maximum absolute atomic E-state index is 12.1. The summed E-state index contributed by atoms with van der Waals surface area (Å²) in [5.74, 6) is -0.885. The summed E-state index contributed by atoms with van der Waals surface area (Å²) in [5, 5.41) is 3.15. The van der Waals surface area contributed by atoms with Crippen LogP contribution in [-0.2, 0) is 19.1 Å². The fraction of sp³-hybridized carbons (Fsp3) is 0.765. The molecule has 1 aliphatic carbocycles. The van der Waals surface area contributed by atoms with Crippen molar-refractivity contribution in [2.75, 3.05) is 19.7 Å². The highest BCUT2D eigenvalue weighted by Crippen LogP contribution is 2.36. The molecule has 0 radical (unpaired) electrons. The van der Waals surface area contributed by atoms with Gasteiger partial charge in [0, 0.05) is 5.57 Å². The fourth-order valence-corrected chi connectivity index (χ4v) is 2.67. The van der Waals surface area contributed by atoms with Crippen molar-refractivity contribution in [3.8, 4) is 0 Å². The van der Waals surface area contributed by atoms with Crippen LogP contribution >= 0.6 is 0 Å². The zero-order valence-electron chi connectivity index (χ0n) is 13.9. The number of hydrogen-bond acceptors (Lipinski definition) is 5. The first kappa shape index (κ1) is 18.7. The van der Waals surface area contributed by atoms with E-state index in [4.69, 9.17) is 9.47 Å². The van der Waals surface area contributed by atoms with E-state index in [9.17, 15) is 9.59 Å². The topological polar surface area (TPSA) is 64.6 Å². The minimum absolute atomic E-state index is 0.0974. The lowest BCUT2D eigenvalue weighted by Gasteiger charge is -2.27. The molecule has 0 amide bonds. The van der Waals surface area contributed by atoms with E-state index in [1.165, 1.54) is 0 Å². The molecule has 0 saturated heterocycles. The number of carbonyl (C=O) groups is 2. The molecule has 1 rings (SSSR count). The lowest BCUT2D eigenvalue weighted by atomic mass is 9.98. The first-order chi connectivity index (χ1) is 10.5. The molecular weight excluding hydrogens is 282 g/mol. The van der Waals surface area contributed by atoms with Gasteiger partial charge in [-0.2, -0.15) is 0 Å². The van der Waals surface area contributed by atoms with Crippen LogP contribution in [0, 0.1) is 0 Å². The van der Waals surface area contributed by atoms with E-state index in [1.807, 2.05) is 13.8 Å². The van der Waals surface area contributed by atoms with Crippen molar-refractivity contribution in [3.05, 3.63) is 12.2 Å². The van der Waals surface area contributed by atoms with Gasteiger partial charge < -0.3 is 14.8 Å². The Bertz CT molecular complexity index is 386. The van der Waals surface area contributed by atoms with E-state index in [1.54, 1.807) is 0 Å². The summed E-state index contributed by atoms with van der Waals surface area (Å²) in [4.78, 5) is 23.7. The molecule has 0 aromatic rings. The Hall–Kier alpha value is -1.36. The van der Waals surface area contributed by atoms with Gasteiger partial charge >= 0.3 is 11.9 Å². The summed E-state index contributed by atoms with van der Waals surface area (Å²) < 4.78 is 10.7. The SMILES string of the molecule is C=C(CC(=O)OCCCNCC)C(=O)OC1(CC)CCCC1. The van der Waals surface area contributed by atoms with Gasteiger partial charge in [-0.25, -0.2) is 4.79 Å². The van der Waals surface area contributed by atoms with Gasteiger partial charge in [-0.15, -0.1) is 0 Å². The zero-order chi connectivity index (χ0) is 16.4. The number of hydrogen-bond donors (Lipinski definition) is 1. The summed E-state index contributed by atoms with van der Waals surface area (Å²) in [6.45, 7) is 9.79. The first-order valence-electron chi connectivity index (χ1n) is 8.30. The molecule has 1 aliphatic rings. The maximum atomic E-state index is 12.1. The molecule has 0 spiro atoms. The summed E-state index contributed by atoms with van der Waals surface area (Å²) in [5.41, 5.74) is -0.174. The van der Waals surface area contributed by atoms with Crippen LogP contribution in [0.15, 0.2) is 12.2 Å². The molecule has 0 bridgehead atoms. The third-order valence-corrected chi connectivity index (χ3v) is 4.13. The lowest BCUT2D eigenvalue weighted by Crippen LogP contribution is -2.32. The Morgan fingerprint density at radius 1 is 1.23 bits per heavy atom. The lowest BCUT2D eigenvalue weighted by molar-refractivity contribution is -0.156. The third kappa shape index (κ3) is 6.18. The van der Waals surface area contributed by atoms with Crippen LogP contribution in [0.25, 0.3) is 0 Å². The molecule has 1 N–H and O–H groups in total. The molecule has 0 aliphatic heterocycles. The van der Waals surface area contributed by atoms with Gasteiger partial charge in [0.1, 0.15) is 5.60 Å². The van der Waals surface area contributed by atoms with Gasteiger partial charge in [-0.05, 0) is 51.6 Å². The summed E-state index contributed by atoms with van der Waals surface area (Å²) in [6, 6.07) is 0. The fourth-order valence-electron chi connectivity index (χ4n) is 2.67. The van der Waals surface area contributed by atoms with Crippen molar-refractivity contribution < 1.29 is 19.1 Å². The molecule has 0 aromatic carbocycles. The van der Waals surface area contributed by atoms with Crippen LogP contribution in [0.5, 0.6) is 0 Å². The van der Waals surface area contributed by atoms with Gasteiger partial charge in [-0.1, -0.05) is 20.4 Å². The van der Waals surface area contributed by atoms with Crippen molar-refractivity contribution in [1.82, 2.24) is 5.32 Å². The Morgan fingerprint density at radius 3 is 2.50 bits per heavy atom. The molecular formula is C17H29NO4. The van der Waals surface area contributed by atoms with Crippen molar-refractivity contribution in [2.24, 2.45) is 0 Å². The average Bonchev–Trinajstić information content (AvgIpc) is 2.96. The first-order valence-corrected chi connectivity index (χ1v) is 8.30. The van der Waals surface area contributed by atoms with Crippen LogP contribution in [-0.4, -0.2) is 37.2 Å². The van der Waals surface area contributed by atoms with Crippen LogP contribution in [0.4, 0.5) is 0 Å². The van der Waals surface area contributed by atoms with Crippen LogP contribution < -0.4 is 5.32 Å². The summed E-state index contributed by atoms with van der Waals surface area (Å²) in [6.07, 6.45) is 5.44. The van der Waals surface area contributed by atoms with Gasteiger partial charge in [0.05, 0.1) is 13.0 Å². The Labute approximate surface area is 133 Å². The van der Waals surface area contributed by atoms with Crippen LogP contribution in [0.2, 0.25) is 0 Å². The Morgan fingerprint density at radius 2 is 1.91 bits per heavy atom. The highest BCUT2D eigenvalue weighted by molar-refractivity contribution is 5.93. The van der Waals surface area contributed by atoms with Gasteiger partial charge in [0.15, 0.2) is 0 Å². The third-order valence-electron chi connectivity index (χ3n) is 4.13. The number of ether oxygens (including phenoxy) is 2. The summed E-state index contributed by atoms with van der Waals surface area (Å²) in [7, 11) is 0. The Kier molecular flexibility index (Phi) is 8.17. The van der Waals surface area contributed by atoms with Gasteiger partial charge in [0.25, 0.3) is 0 Å². The minimum Gasteiger partial charge on any atom is -0.465 e. The second-order valence-electron chi connectivity index (χ2n) is 5.84. The predicted molar refractivity (Wildman–Crippen MR) is 85.5 cm³/mol. The van der Waals surface area contributed by atoms with E-state index in [0.717, 1.165) is 51.6 Å². The van der Waals surface area contributed by atoms with Gasteiger partial charge in [0.2, 0.25) is 0 Å². The monoisotopic (exact) mass is 311 g/mol. The molecule has 0 unspecified atom stereocenters. The second kappa shape index (κ2) is 9.62. The van der Waals surface area contributed by atoms with Crippen molar-refractivity contribution in [1.29, 1.82) is 0 Å². The maximum Gasteiger partial charge on any atom is 0.334 e. The number of esters is 2. The van der Waals surface area contributed by atoms with E-state index in [-0.39, 0.29) is 17.6 Å². The average molecular weight is 311 g/mol. The number of nitrogens with one attached hydrogen (secondary N) is 1. The largest absolute Gasteiger partial charge is 0.465 e. The molecule has 126 valence electrons. The molecule has 1 fully saturated rings. The van der Waals surface area contributed by atoms with E-state index < -0.39 is 11.9 Å². The number of carbonyl (C=O) groups excluding carboxylic acids is 2. The highest BCUT2D eigenvalue weighted by atomic mass is 16.6. The molecule has 5 nitrogen and oxygen atoms in total. The Balaban J connectivity index is 2.28. The van der Waals surface area contributed by atoms with Crippen molar-refractivity contribution >= 4 is 11.9 Å². The molecule has 0 aromatic heterocycles. The van der Waals surface area contributed by atoms with Crippen molar-refractivity contribution in [2.45, 2.75) is 64.4 Å². The predicted octanol–water partition coefficient (Wildman–Crippen LogP) is 2.74.